The van der Waals surface area contributed by atoms with Crippen LogP contribution in [0.4, 0.5) is 0 Å². The summed E-state index contributed by atoms with van der Waals surface area (Å²) in [5, 5.41) is 76.7. The van der Waals surface area contributed by atoms with Crippen molar-refractivity contribution in [3.8, 4) is 0 Å². The Labute approximate surface area is 329 Å². The van der Waals surface area contributed by atoms with E-state index >= 15 is 0 Å². The number of aliphatic hydroxyl groups excluding tert-OH is 5. The van der Waals surface area contributed by atoms with E-state index in [2.05, 4.69) is 27.7 Å². The standard InChI is InChI=1S/C25H34O6.C20H28O5/c1-7-12(2)22(29)31-21-13(3)10-24-14(4)8-17-18(23(17,5)6)16(20(24)28)9-15(11-26)19(27)25(21,24)30;1-9-7-19-10(2)5-13-14(18(13,3)4)12(17(19)24)6-11(8-21)16(23)20(19,25)15(9)22/h7,9-10,14,16-19,21,26-27,30H,8,11H2,1-6H3;6-7,10,12-16,21-23,25H,5,8H2,1-4H3/b12-7-;/t14-,16+,17-,18+,19-,21+,24+,25+;10-,12+,13-,14+,15+,16-,19+,20-/m11/s1. The van der Waals surface area contributed by atoms with E-state index in [1.54, 1.807) is 58.1 Å². The lowest BCUT2D eigenvalue weighted by atomic mass is 9.59. The summed E-state index contributed by atoms with van der Waals surface area (Å²) >= 11 is 0. The van der Waals surface area contributed by atoms with Crippen LogP contribution in [0.25, 0.3) is 0 Å². The van der Waals surface area contributed by atoms with Gasteiger partial charge in [-0.1, -0.05) is 71.9 Å². The molecule has 56 heavy (non-hydrogen) atoms. The van der Waals surface area contributed by atoms with Crippen LogP contribution in [0.5, 0.6) is 0 Å². The van der Waals surface area contributed by atoms with Crippen LogP contribution in [-0.2, 0) is 19.1 Å². The third-order valence-corrected chi connectivity index (χ3v) is 16.8. The molecular weight excluding hydrogens is 716 g/mol. The average Bonchev–Trinajstić information content (AvgIpc) is 3.86. The van der Waals surface area contributed by atoms with E-state index in [0.29, 0.717) is 28.6 Å². The summed E-state index contributed by atoms with van der Waals surface area (Å²) in [5.74, 6) is -1.41. The van der Waals surface area contributed by atoms with Crippen molar-refractivity contribution in [1.82, 2.24) is 0 Å². The summed E-state index contributed by atoms with van der Waals surface area (Å²) in [6, 6.07) is 0. The van der Waals surface area contributed by atoms with Gasteiger partial charge in [-0.05, 0) is 109 Å². The van der Waals surface area contributed by atoms with Gasteiger partial charge in [0.15, 0.2) is 23.3 Å². The summed E-state index contributed by atoms with van der Waals surface area (Å²) < 4.78 is 5.72. The van der Waals surface area contributed by atoms with Gasteiger partial charge in [0, 0.05) is 17.4 Å². The largest absolute Gasteiger partial charge is 0.451 e. The molecule has 0 aromatic heterocycles. The molecule has 0 radical (unpaired) electrons. The summed E-state index contributed by atoms with van der Waals surface area (Å²) in [5.41, 5.74) is -4.95. The molecule has 4 bridgehead atoms. The zero-order valence-electron chi connectivity index (χ0n) is 34.4. The third kappa shape index (κ3) is 4.85. The molecule has 0 heterocycles. The van der Waals surface area contributed by atoms with Crippen molar-refractivity contribution in [2.24, 2.45) is 69.0 Å². The number of hydrogen-bond donors (Lipinski definition) is 7. The van der Waals surface area contributed by atoms with Crippen molar-refractivity contribution in [3.05, 3.63) is 58.2 Å². The van der Waals surface area contributed by atoms with Gasteiger partial charge in [-0.2, -0.15) is 0 Å². The number of allylic oxidation sites excluding steroid dienone is 3. The molecule has 11 heteroatoms. The minimum Gasteiger partial charge on any atom is -0.451 e. The first-order chi connectivity index (χ1) is 25.9. The van der Waals surface area contributed by atoms with Gasteiger partial charge in [0.05, 0.1) is 24.0 Å². The van der Waals surface area contributed by atoms with Crippen LogP contribution in [-0.4, -0.2) is 102 Å². The molecule has 0 unspecified atom stereocenters. The predicted octanol–water partition coefficient (Wildman–Crippen LogP) is 3.15. The lowest BCUT2D eigenvalue weighted by molar-refractivity contribution is -0.201. The number of aliphatic hydroxyl groups is 7. The summed E-state index contributed by atoms with van der Waals surface area (Å²) in [7, 11) is 0. The Bertz CT molecular complexity index is 1900. The highest BCUT2D eigenvalue weighted by Crippen LogP contribution is 2.73. The van der Waals surface area contributed by atoms with Crippen molar-refractivity contribution < 1.29 is 54.9 Å². The molecule has 8 aliphatic carbocycles. The Morgan fingerprint density at radius 1 is 0.750 bits per heavy atom. The fourth-order valence-electron chi connectivity index (χ4n) is 13.3. The molecule has 4 saturated carbocycles. The molecule has 8 aliphatic rings. The van der Waals surface area contributed by atoms with Gasteiger partial charge in [-0.25, -0.2) is 4.79 Å². The van der Waals surface area contributed by atoms with E-state index < -0.39 is 77.5 Å². The Kier molecular flexibility index (Phi) is 9.51. The van der Waals surface area contributed by atoms with Gasteiger partial charge in [0.25, 0.3) is 0 Å². The van der Waals surface area contributed by atoms with Gasteiger partial charge in [-0.3, -0.25) is 9.59 Å². The Morgan fingerprint density at radius 2 is 1.16 bits per heavy atom. The van der Waals surface area contributed by atoms with Crippen LogP contribution in [0, 0.1) is 69.0 Å². The fourth-order valence-corrected chi connectivity index (χ4v) is 13.3. The Balaban J connectivity index is 0.000000175. The van der Waals surface area contributed by atoms with Gasteiger partial charge in [0.1, 0.15) is 23.9 Å². The number of fused-ring (bicyclic) bond motifs is 6. The van der Waals surface area contributed by atoms with Crippen LogP contribution >= 0.6 is 0 Å². The molecule has 8 rings (SSSR count). The number of carbonyl (C=O) groups excluding carboxylic acids is 3. The second kappa shape index (κ2) is 12.9. The van der Waals surface area contributed by atoms with Crippen LogP contribution in [0.3, 0.4) is 0 Å². The van der Waals surface area contributed by atoms with Gasteiger partial charge >= 0.3 is 5.97 Å². The first-order valence-electron chi connectivity index (χ1n) is 20.4. The van der Waals surface area contributed by atoms with E-state index in [-0.39, 0.29) is 57.2 Å². The number of ether oxygens (including phenoxy) is 1. The molecule has 4 fully saturated rings. The lowest BCUT2D eigenvalue weighted by Crippen LogP contribution is -2.65. The Hall–Kier alpha value is -2.77. The normalized spacial score (nSPS) is 49.0. The lowest BCUT2D eigenvalue weighted by Gasteiger charge is -2.48. The van der Waals surface area contributed by atoms with Gasteiger partial charge < -0.3 is 40.5 Å². The van der Waals surface area contributed by atoms with Gasteiger partial charge in [0.2, 0.25) is 0 Å². The van der Waals surface area contributed by atoms with Crippen molar-refractivity contribution in [2.45, 2.75) is 118 Å². The van der Waals surface area contributed by atoms with E-state index in [9.17, 15) is 50.1 Å². The number of hydrogen-bond acceptors (Lipinski definition) is 11. The zero-order valence-corrected chi connectivity index (χ0v) is 34.4. The minimum absolute atomic E-state index is 0.0209. The number of Topliss-reactive ketones (excluding diaryl/α,β-unsaturated/α-hetero) is 2. The molecule has 16 atom stereocenters. The molecule has 2 spiro atoms. The predicted molar refractivity (Wildman–Crippen MR) is 206 cm³/mol. The Morgan fingerprint density at radius 3 is 1.59 bits per heavy atom. The van der Waals surface area contributed by atoms with Crippen LogP contribution in [0.2, 0.25) is 0 Å². The maximum Gasteiger partial charge on any atom is 0.334 e. The first-order valence-corrected chi connectivity index (χ1v) is 20.4. The highest BCUT2D eigenvalue weighted by Gasteiger charge is 2.78. The van der Waals surface area contributed by atoms with Crippen molar-refractivity contribution >= 4 is 17.5 Å². The average molecular weight is 779 g/mol. The molecule has 0 amide bonds. The van der Waals surface area contributed by atoms with Crippen LogP contribution < -0.4 is 0 Å². The SMILES string of the molecule is C/C=C(/C)C(=O)O[C@H]1C(C)=C[C@]23C(=O)[C@@H](C=C(CO)[C@@H](O)[C@]12O)[C@H]1[C@@H](C[C@H]3C)C1(C)C.CC1=C[C@]23C(=O)[C@@H](C=C(CO)[C@@H](O)[C@]2(O)[C@H]1O)[C@H]1[C@@H](C[C@H]3C)C1(C)C. The molecule has 0 aliphatic heterocycles. The highest BCUT2D eigenvalue weighted by atomic mass is 16.6. The molecule has 0 saturated heterocycles. The van der Waals surface area contributed by atoms with Crippen molar-refractivity contribution in [3.63, 3.8) is 0 Å². The van der Waals surface area contributed by atoms with Crippen LogP contribution in [0.15, 0.2) is 58.2 Å². The van der Waals surface area contributed by atoms with Gasteiger partial charge in [-0.15, -0.1) is 0 Å². The van der Waals surface area contributed by atoms with Crippen molar-refractivity contribution in [2.75, 3.05) is 13.2 Å². The molecule has 0 aromatic carbocycles. The third-order valence-electron chi connectivity index (χ3n) is 16.8. The number of esters is 1. The fraction of sp³-hybridized carbons (Fsp3) is 0.711. The molecule has 0 aromatic rings. The quantitative estimate of drug-likeness (QED) is 0.126. The minimum atomic E-state index is -2.08. The van der Waals surface area contributed by atoms with E-state index in [0.717, 1.165) is 12.8 Å². The maximum atomic E-state index is 14.2. The topological polar surface area (TPSA) is 202 Å². The van der Waals surface area contributed by atoms with E-state index in [1.165, 1.54) is 0 Å². The maximum absolute atomic E-state index is 14.2. The second-order valence-electron chi connectivity index (χ2n) is 19.9. The van der Waals surface area contributed by atoms with E-state index in [1.807, 2.05) is 13.8 Å². The molecule has 7 N–H and O–H groups in total. The molecule has 308 valence electrons. The highest BCUT2D eigenvalue weighted by molar-refractivity contribution is 5.96. The molecular formula is C45H62O11. The second-order valence-corrected chi connectivity index (χ2v) is 19.9. The number of ketones is 2. The zero-order chi connectivity index (χ0) is 41.6. The summed E-state index contributed by atoms with van der Waals surface area (Å²) in [4.78, 5) is 40.5. The number of carbonyl (C=O) groups is 3. The number of rotatable bonds is 4. The van der Waals surface area contributed by atoms with E-state index in [4.69, 9.17) is 4.74 Å². The van der Waals surface area contributed by atoms with Crippen LogP contribution in [0.1, 0.15) is 82.1 Å². The summed E-state index contributed by atoms with van der Waals surface area (Å²) in [6.07, 6.45) is 4.38. The molecule has 11 nitrogen and oxygen atoms in total. The van der Waals surface area contributed by atoms with Crippen molar-refractivity contribution in [1.29, 1.82) is 0 Å². The summed E-state index contributed by atoms with van der Waals surface area (Å²) in [6.45, 7) is 18.3. The smallest absolute Gasteiger partial charge is 0.334 e. The monoisotopic (exact) mass is 778 g/mol. The first kappa shape index (κ1) is 41.4.